The molecule has 0 radical (unpaired) electrons. The first-order chi connectivity index (χ1) is 14.1. The van der Waals surface area contributed by atoms with Crippen molar-refractivity contribution < 1.29 is 0 Å². The topological polar surface area (TPSA) is 55.8 Å². The largest absolute Gasteiger partial charge is 0.362 e. The number of aromatic nitrogens is 1. The van der Waals surface area contributed by atoms with Crippen LogP contribution in [0.5, 0.6) is 0 Å². The van der Waals surface area contributed by atoms with Crippen molar-refractivity contribution in [3.8, 4) is 0 Å². The fourth-order valence-electron chi connectivity index (χ4n) is 3.88. The van der Waals surface area contributed by atoms with Gasteiger partial charge in [-0.05, 0) is 31.9 Å². The summed E-state index contributed by atoms with van der Waals surface area (Å²) in [4.78, 5) is 13.9. The summed E-state index contributed by atoms with van der Waals surface area (Å²) in [6.07, 6.45) is 2.94. The zero-order valence-corrected chi connectivity index (χ0v) is 18.1. The zero-order valence-electron chi connectivity index (χ0n) is 18.1. The fraction of sp³-hybridized carbons (Fsp3) is 0.478. The van der Waals surface area contributed by atoms with Gasteiger partial charge in [0.15, 0.2) is 5.96 Å². The van der Waals surface area contributed by atoms with E-state index in [0.717, 1.165) is 43.4 Å². The van der Waals surface area contributed by atoms with E-state index < -0.39 is 0 Å². The number of hydrogen-bond acceptors (Lipinski definition) is 4. The molecule has 156 valence electrons. The highest BCUT2D eigenvalue weighted by atomic mass is 15.3. The minimum atomic E-state index is 0.397. The van der Waals surface area contributed by atoms with Crippen LogP contribution in [-0.4, -0.2) is 55.1 Å². The Hall–Kier alpha value is -2.60. The molecule has 2 atom stereocenters. The van der Waals surface area contributed by atoms with E-state index in [1.165, 1.54) is 5.56 Å². The number of benzene rings is 1. The van der Waals surface area contributed by atoms with E-state index in [1.54, 1.807) is 0 Å². The summed E-state index contributed by atoms with van der Waals surface area (Å²) in [7, 11) is 4.03. The Morgan fingerprint density at radius 2 is 2.00 bits per heavy atom. The lowest BCUT2D eigenvalue weighted by Gasteiger charge is -2.21. The van der Waals surface area contributed by atoms with Crippen LogP contribution in [0.25, 0.3) is 0 Å². The van der Waals surface area contributed by atoms with Crippen LogP contribution in [0.15, 0.2) is 53.7 Å². The smallest absolute Gasteiger partial charge is 0.191 e. The van der Waals surface area contributed by atoms with Crippen LogP contribution in [-0.2, 0) is 13.1 Å². The maximum Gasteiger partial charge on any atom is 0.191 e. The summed E-state index contributed by atoms with van der Waals surface area (Å²) >= 11 is 0. The Kier molecular flexibility index (Phi) is 7.47. The molecule has 2 N–H and O–H groups in total. The number of hydrogen-bond donors (Lipinski definition) is 2. The number of likely N-dealkylation sites (tertiary alicyclic amines) is 1. The van der Waals surface area contributed by atoms with Crippen LogP contribution in [0.4, 0.5) is 5.82 Å². The second-order valence-corrected chi connectivity index (χ2v) is 7.92. The van der Waals surface area contributed by atoms with Gasteiger partial charge >= 0.3 is 0 Å². The molecule has 0 spiro atoms. The van der Waals surface area contributed by atoms with E-state index >= 15 is 0 Å². The van der Waals surface area contributed by atoms with Crippen LogP contribution in [0, 0.1) is 0 Å². The van der Waals surface area contributed by atoms with Gasteiger partial charge in [0.25, 0.3) is 0 Å². The second kappa shape index (κ2) is 10.3. The first-order valence-corrected chi connectivity index (χ1v) is 10.5. The number of aliphatic imine (C=N–C) groups is 1. The summed E-state index contributed by atoms with van der Waals surface area (Å²) in [5.74, 6) is 1.84. The molecule has 0 aliphatic carbocycles. The van der Waals surface area contributed by atoms with E-state index in [2.05, 4.69) is 70.8 Å². The van der Waals surface area contributed by atoms with Crippen molar-refractivity contribution in [1.82, 2.24) is 20.5 Å². The molecule has 0 amide bonds. The molecule has 6 nitrogen and oxygen atoms in total. The molecular formula is C23H34N6. The van der Waals surface area contributed by atoms with Gasteiger partial charge in [-0.25, -0.2) is 9.98 Å². The summed E-state index contributed by atoms with van der Waals surface area (Å²) in [5, 5.41) is 7.04. The number of guanidine groups is 1. The maximum absolute atomic E-state index is 4.83. The molecule has 29 heavy (non-hydrogen) atoms. The van der Waals surface area contributed by atoms with Gasteiger partial charge in [-0.15, -0.1) is 0 Å². The molecule has 1 saturated heterocycles. The number of rotatable bonds is 7. The zero-order chi connectivity index (χ0) is 20.6. The molecule has 0 saturated carbocycles. The van der Waals surface area contributed by atoms with E-state index in [0.29, 0.717) is 18.6 Å². The van der Waals surface area contributed by atoms with Crippen molar-refractivity contribution in [1.29, 1.82) is 0 Å². The van der Waals surface area contributed by atoms with Gasteiger partial charge in [-0.1, -0.05) is 36.4 Å². The van der Waals surface area contributed by atoms with Crippen molar-refractivity contribution in [2.45, 2.75) is 45.4 Å². The van der Waals surface area contributed by atoms with Crippen molar-refractivity contribution in [2.75, 3.05) is 32.1 Å². The Bertz CT molecular complexity index is 789. The summed E-state index contributed by atoms with van der Waals surface area (Å²) in [5.41, 5.74) is 2.49. The average Bonchev–Trinajstić information content (AvgIpc) is 3.06. The molecule has 1 aliphatic rings. The Balaban J connectivity index is 1.62. The normalized spacial score (nSPS) is 19.9. The van der Waals surface area contributed by atoms with Crippen LogP contribution >= 0.6 is 0 Å². The molecule has 0 bridgehead atoms. The van der Waals surface area contributed by atoms with Crippen molar-refractivity contribution in [2.24, 2.45) is 4.99 Å². The standard InChI is InChI=1S/C23H34N6/c1-5-24-23(26-15-20-12-9-13-25-22(20)28(3)4)27-21-14-18(2)29(17-21)16-19-10-7-6-8-11-19/h6-13,18,21H,5,14-17H2,1-4H3,(H2,24,26,27). The minimum Gasteiger partial charge on any atom is -0.362 e. The molecule has 2 heterocycles. The van der Waals surface area contributed by atoms with Gasteiger partial charge in [-0.2, -0.15) is 0 Å². The number of pyridine rings is 1. The lowest BCUT2D eigenvalue weighted by molar-refractivity contribution is 0.258. The molecule has 1 fully saturated rings. The van der Waals surface area contributed by atoms with Crippen LogP contribution in [0.2, 0.25) is 0 Å². The van der Waals surface area contributed by atoms with Gasteiger partial charge < -0.3 is 15.5 Å². The van der Waals surface area contributed by atoms with Crippen LogP contribution in [0.3, 0.4) is 0 Å². The SMILES string of the molecule is CCNC(=NCc1cccnc1N(C)C)NC1CC(C)N(Cc2ccccc2)C1. The van der Waals surface area contributed by atoms with E-state index in [-0.39, 0.29) is 0 Å². The summed E-state index contributed by atoms with van der Waals surface area (Å²) in [6.45, 7) is 7.88. The third-order valence-electron chi connectivity index (χ3n) is 5.32. The molecule has 2 aromatic rings. The molecule has 2 unspecified atom stereocenters. The number of anilines is 1. The van der Waals surface area contributed by atoms with Gasteiger partial charge in [0.2, 0.25) is 0 Å². The highest BCUT2D eigenvalue weighted by Crippen LogP contribution is 2.20. The molecule has 6 heteroatoms. The van der Waals surface area contributed by atoms with Crippen molar-refractivity contribution >= 4 is 11.8 Å². The van der Waals surface area contributed by atoms with E-state index in [4.69, 9.17) is 4.99 Å². The van der Waals surface area contributed by atoms with E-state index in [9.17, 15) is 0 Å². The van der Waals surface area contributed by atoms with E-state index in [1.807, 2.05) is 31.3 Å². The Morgan fingerprint density at radius 3 is 2.72 bits per heavy atom. The Labute approximate surface area is 175 Å². The quantitative estimate of drug-likeness (QED) is 0.559. The molecule has 1 aromatic carbocycles. The molecule has 1 aliphatic heterocycles. The highest BCUT2D eigenvalue weighted by Gasteiger charge is 2.29. The lowest BCUT2D eigenvalue weighted by atomic mass is 10.2. The predicted octanol–water partition coefficient (Wildman–Crippen LogP) is 2.87. The van der Waals surface area contributed by atoms with Gasteiger partial charge in [-0.3, -0.25) is 4.90 Å². The lowest BCUT2D eigenvalue weighted by Crippen LogP contribution is -2.44. The molecular weight excluding hydrogens is 360 g/mol. The van der Waals surface area contributed by atoms with Crippen LogP contribution < -0.4 is 15.5 Å². The van der Waals surface area contributed by atoms with Crippen LogP contribution in [0.1, 0.15) is 31.4 Å². The maximum atomic E-state index is 4.83. The summed E-state index contributed by atoms with van der Waals surface area (Å²) < 4.78 is 0. The van der Waals surface area contributed by atoms with Crippen molar-refractivity contribution in [3.05, 3.63) is 59.8 Å². The Morgan fingerprint density at radius 1 is 1.21 bits per heavy atom. The first kappa shape index (κ1) is 21.1. The summed E-state index contributed by atoms with van der Waals surface area (Å²) in [6, 6.07) is 15.7. The highest BCUT2D eigenvalue weighted by molar-refractivity contribution is 5.80. The monoisotopic (exact) mass is 394 g/mol. The second-order valence-electron chi connectivity index (χ2n) is 7.92. The van der Waals surface area contributed by atoms with Crippen molar-refractivity contribution in [3.63, 3.8) is 0 Å². The first-order valence-electron chi connectivity index (χ1n) is 10.5. The minimum absolute atomic E-state index is 0.397. The average molecular weight is 395 g/mol. The number of nitrogens with zero attached hydrogens (tertiary/aromatic N) is 4. The fourth-order valence-corrected chi connectivity index (χ4v) is 3.88. The number of nitrogens with one attached hydrogen (secondary N) is 2. The van der Waals surface area contributed by atoms with Gasteiger partial charge in [0, 0.05) is 57.6 Å². The third kappa shape index (κ3) is 5.94. The molecule has 3 rings (SSSR count). The predicted molar refractivity (Wildman–Crippen MR) is 121 cm³/mol. The third-order valence-corrected chi connectivity index (χ3v) is 5.32. The van der Waals surface area contributed by atoms with Gasteiger partial charge in [0.05, 0.1) is 6.54 Å². The van der Waals surface area contributed by atoms with Gasteiger partial charge in [0.1, 0.15) is 5.82 Å². The molecule has 1 aromatic heterocycles.